The van der Waals surface area contributed by atoms with Gasteiger partial charge in [-0.25, -0.2) is 0 Å². The van der Waals surface area contributed by atoms with E-state index in [0.717, 1.165) is 100.0 Å². The van der Waals surface area contributed by atoms with Gasteiger partial charge in [-0.1, -0.05) is 176 Å². The van der Waals surface area contributed by atoms with Gasteiger partial charge in [-0.05, 0) is 121 Å². The molecule has 0 atom stereocenters. The zero-order valence-corrected chi connectivity index (χ0v) is 37.3. The third-order valence-electron chi connectivity index (χ3n) is 14.6. The Kier molecular flexibility index (Phi) is 8.13. The molecule has 0 amide bonds. The van der Waals surface area contributed by atoms with Crippen LogP contribution in [0, 0.1) is 0 Å². The van der Waals surface area contributed by atoms with Crippen LogP contribution in [0.5, 0.6) is 0 Å². The molecule has 13 aromatic rings. The molecule has 320 valence electrons. The van der Waals surface area contributed by atoms with Crippen LogP contribution in [-0.4, -0.2) is 6.85 Å². The van der Waals surface area contributed by atoms with E-state index >= 15 is 0 Å². The van der Waals surface area contributed by atoms with Gasteiger partial charge in [0, 0.05) is 44.2 Å². The molecule has 2 aromatic heterocycles. The summed E-state index contributed by atoms with van der Waals surface area (Å²) in [6, 6.07) is 85.7. The SMILES string of the molecule is c1ccc(-c2ccc(N3B4c5cc(-c6ccccc6)ccc5N(c5ccc(-c6ccccc6)cc5)c5c4c(cc4c5oc5ccccc54)-c4ccc5c(oc6cc7ccccc7cc65)c43)cc2)cc1. The quantitative estimate of drug-likeness (QED) is 0.161. The molecular formula is C64H39BN2O2. The van der Waals surface area contributed by atoms with Gasteiger partial charge in [0.1, 0.15) is 11.2 Å². The standard InChI is InChI=1S/C64H39BN2O2/c1-4-14-40(15-5-1)43-24-29-48(30-25-43)66-57-35-28-47(42-18-8-3-9-19-42)37-56(57)65-60-54(39-55-50-22-12-13-23-58(50)68-64(55)62(60)66)51-33-34-52-53-36-45-20-10-11-21-46(45)38-59(53)69-63(52)61(51)67(65)49-31-26-44(27-32-49)41-16-6-2-7-17-41/h1-39H. The lowest BCUT2D eigenvalue weighted by molar-refractivity contribution is 0.669. The Morgan fingerprint density at radius 2 is 0.884 bits per heavy atom. The second-order valence-electron chi connectivity index (χ2n) is 18.4. The average molecular weight is 879 g/mol. The number of para-hydroxylation sites is 1. The fraction of sp³-hybridized carbons (Fsp3) is 0. The topological polar surface area (TPSA) is 32.8 Å². The van der Waals surface area contributed by atoms with Crippen molar-refractivity contribution in [3.8, 4) is 44.5 Å². The fourth-order valence-corrected chi connectivity index (χ4v) is 11.4. The van der Waals surface area contributed by atoms with Gasteiger partial charge in [0.15, 0.2) is 11.2 Å². The van der Waals surface area contributed by atoms with Gasteiger partial charge in [0.25, 0.3) is 0 Å². The predicted molar refractivity (Wildman–Crippen MR) is 289 cm³/mol. The minimum atomic E-state index is -0.293. The number of anilines is 5. The number of furan rings is 2. The number of rotatable bonds is 5. The summed E-state index contributed by atoms with van der Waals surface area (Å²) < 4.78 is 14.4. The van der Waals surface area contributed by atoms with E-state index in [-0.39, 0.29) is 6.85 Å². The van der Waals surface area contributed by atoms with E-state index in [1.165, 1.54) is 38.6 Å². The summed E-state index contributed by atoms with van der Waals surface area (Å²) in [5, 5.41) is 6.71. The zero-order chi connectivity index (χ0) is 45.2. The first-order valence-electron chi connectivity index (χ1n) is 23.7. The van der Waals surface area contributed by atoms with Crippen molar-refractivity contribution < 1.29 is 8.83 Å². The lowest BCUT2D eigenvalue weighted by atomic mass is 9.43. The lowest BCUT2D eigenvalue weighted by Crippen LogP contribution is -2.61. The Bertz CT molecular complexity index is 4180. The molecule has 5 heteroatoms. The van der Waals surface area contributed by atoms with Gasteiger partial charge in [-0.2, -0.15) is 0 Å². The Morgan fingerprint density at radius 1 is 0.333 bits per heavy atom. The van der Waals surface area contributed by atoms with Crippen LogP contribution in [0.15, 0.2) is 245 Å². The second-order valence-corrected chi connectivity index (χ2v) is 18.4. The van der Waals surface area contributed by atoms with Gasteiger partial charge in [-0.15, -0.1) is 0 Å². The van der Waals surface area contributed by atoms with E-state index in [1.807, 2.05) is 0 Å². The molecule has 2 aliphatic heterocycles. The third kappa shape index (κ3) is 5.71. The highest BCUT2D eigenvalue weighted by Gasteiger charge is 2.48. The van der Waals surface area contributed by atoms with Crippen LogP contribution in [0.4, 0.5) is 28.4 Å². The largest absolute Gasteiger partial charge is 0.454 e. The van der Waals surface area contributed by atoms with Crippen molar-refractivity contribution in [2.75, 3.05) is 9.71 Å². The van der Waals surface area contributed by atoms with Gasteiger partial charge >= 0.3 is 6.85 Å². The highest BCUT2D eigenvalue weighted by Crippen LogP contribution is 2.53. The fourth-order valence-electron chi connectivity index (χ4n) is 11.4. The summed E-state index contributed by atoms with van der Waals surface area (Å²) in [5.74, 6) is 0. The third-order valence-corrected chi connectivity index (χ3v) is 14.6. The molecule has 2 aliphatic rings. The predicted octanol–water partition coefficient (Wildman–Crippen LogP) is 16.3. The summed E-state index contributed by atoms with van der Waals surface area (Å²) in [6.07, 6.45) is 0. The van der Waals surface area contributed by atoms with Crippen LogP contribution in [0.2, 0.25) is 0 Å². The first-order valence-corrected chi connectivity index (χ1v) is 23.7. The van der Waals surface area contributed by atoms with Crippen LogP contribution in [-0.2, 0) is 0 Å². The van der Waals surface area contributed by atoms with Crippen LogP contribution < -0.4 is 20.6 Å². The molecule has 11 aromatic carbocycles. The molecule has 0 bridgehead atoms. The summed E-state index contributed by atoms with van der Waals surface area (Å²) in [4.78, 5) is 5.03. The maximum Gasteiger partial charge on any atom is 0.333 e. The monoisotopic (exact) mass is 878 g/mol. The summed E-state index contributed by atoms with van der Waals surface area (Å²) in [6.45, 7) is -0.293. The van der Waals surface area contributed by atoms with Crippen LogP contribution >= 0.6 is 0 Å². The molecule has 0 spiro atoms. The van der Waals surface area contributed by atoms with Crippen molar-refractivity contribution in [3.63, 3.8) is 0 Å². The van der Waals surface area contributed by atoms with Crippen molar-refractivity contribution in [2.45, 2.75) is 0 Å². The minimum absolute atomic E-state index is 0.293. The van der Waals surface area contributed by atoms with Crippen LogP contribution in [0.3, 0.4) is 0 Å². The number of hydrogen-bond donors (Lipinski definition) is 0. The Balaban J connectivity index is 1.08. The molecule has 0 aliphatic carbocycles. The van der Waals surface area contributed by atoms with E-state index in [2.05, 4.69) is 246 Å². The van der Waals surface area contributed by atoms with Crippen molar-refractivity contribution in [1.29, 1.82) is 0 Å². The first-order chi connectivity index (χ1) is 34.2. The van der Waals surface area contributed by atoms with Crippen molar-refractivity contribution in [3.05, 3.63) is 237 Å². The minimum Gasteiger partial charge on any atom is -0.454 e. The molecular weight excluding hydrogens is 840 g/mol. The first kappa shape index (κ1) is 38.1. The van der Waals surface area contributed by atoms with Crippen molar-refractivity contribution in [1.82, 2.24) is 0 Å². The summed E-state index contributed by atoms with van der Waals surface area (Å²) in [7, 11) is 0. The maximum absolute atomic E-state index is 7.25. The van der Waals surface area contributed by atoms with Gasteiger partial charge in [-0.3, -0.25) is 0 Å². The second kappa shape index (κ2) is 14.7. The summed E-state index contributed by atoms with van der Waals surface area (Å²) >= 11 is 0. The molecule has 15 rings (SSSR count). The van der Waals surface area contributed by atoms with E-state index in [4.69, 9.17) is 8.83 Å². The highest BCUT2D eigenvalue weighted by atomic mass is 16.3. The molecule has 0 unspecified atom stereocenters. The summed E-state index contributed by atoms with van der Waals surface area (Å²) in [5.41, 5.74) is 20.4. The number of fused-ring (bicyclic) bond motifs is 13. The van der Waals surface area contributed by atoms with Gasteiger partial charge in [0.05, 0.1) is 11.4 Å². The maximum atomic E-state index is 7.25. The normalized spacial score (nSPS) is 12.8. The van der Waals surface area contributed by atoms with E-state index in [0.29, 0.717) is 0 Å². The van der Waals surface area contributed by atoms with Gasteiger partial charge < -0.3 is 18.5 Å². The smallest absolute Gasteiger partial charge is 0.333 e. The molecule has 4 heterocycles. The number of nitrogens with zero attached hydrogens (tertiary/aromatic N) is 2. The highest BCUT2D eigenvalue weighted by molar-refractivity contribution is 6.94. The molecule has 69 heavy (non-hydrogen) atoms. The van der Waals surface area contributed by atoms with E-state index < -0.39 is 0 Å². The molecule has 0 saturated heterocycles. The molecule has 0 N–H and O–H groups in total. The Morgan fingerprint density at radius 3 is 1.58 bits per heavy atom. The molecule has 0 saturated carbocycles. The van der Waals surface area contributed by atoms with E-state index in [1.54, 1.807) is 0 Å². The average Bonchev–Trinajstić information content (AvgIpc) is 3.99. The number of hydrogen-bond acceptors (Lipinski definition) is 4. The lowest BCUT2D eigenvalue weighted by Gasteiger charge is -2.45. The van der Waals surface area contributed by atoms with Crippen molar-refractivity contribution in [2.24, 2.45) is 0 Å². The zero-order valence-electron chi connectivity index (χ0n) is 37.3. The number of benzene rings is 11. The Hall–Kier alpha value is -9.06. The molecule has 0 fully saturated rings. The van der Waals surface area contributed by atoms with Gasteiger partial charge in [0.2, 0.25) is 0 Å². The Labute approximate surface area is 398 Å². The van der Waals surface area contributed by atoms with Crippen molar-refractivity contribution >= 4 is 101 Å². The molecule has 4 nitrogen and oxygen atoms in total. The van der Waals surface area contributed by atoms with Crippen LogP contribution in [0.25, 0.3) is 99.2 Å². The molecule has 0 radical (unpaired) electrons. The van der Waals surface area contributed by atoms with Crippen LogP contribution in [0.1, 0.15) is 0 Å². The van der Waals surface area contributed by atoms with E-state index in [9.17, 15) is 0 Å².